The van der Waals surface area contributed by atoms with E-state index in [-0.39, 0.29) is 5.88 Å². The molecule has 0 saturated carbocycles. The second kappa shape index (κ2) is 6.09. The number of pyridine rings is 1. The lowest BCUT2D eigenvalue weighted by molar-refractivity contribution is 0.142. The number of carbonyl (C=O) groups is 1. The average Bonchev–Trinajstić information content (AvgIpc) is 2.78. The lowest BCUT2D eigenvalue weighted by atomic mass is 9.93. The van der Waals surface area contributed by atoms with Crippen LogP contribution >= 0.6 is 11.8 Å². The molecule has 0 bridgehead atoms. The molecule has 0 aromatic carbocycles. The minimum Gasteiger partial charge on any atom is -0.449 e. The first-order valence-corrected chi connectivity index (χ1v) is 7.24. The molecule has 98 valence electrons. The van der Waals surface area contributed by atoms with Crippen molar-refractivity contribution in [2.24, 2.45) is 5.92 Å². The van der Waals surface area contributed by atoms with Gasteiger partial charge in [0.05, 0.1) is 0 Å². The summed E-state index contributed by atoms with van der Waals surface area (Å²) in [5.41, 5.74) is 0.917. The Balaban J connectivity index is 2.23. The highest BCUT2D eigenvalue weighted by atomic mass is 32.2. The third-order valence-corrected chi connectivity index (χ3v) is 4.63. The van der Waals surface area contributed by atoms with Crippen LogP contribution in [-0.4, -0.2) is 22.0 Å². The molecule has 4 nitrogen and oxygen atoms in total. The van der Waals surface area contributed by atoms with Crippen molar-refractivity contribution in [2.45, 2.75) is 31.4 Å². The van der Waals surface area contributed by atoms with E-state index in [1.165, 1.54) is 12.8 Å². The molecule has 5 heteroatoms. The zero-order chi connectivity index (χ0) is 13.0. The Kier molecular flexibility index (Phi) is 4.47. The number of aromatic nitrogens is 1. The zero-order valence-electron chi connectivity index (χ0n) is 10.3. The average molecular weight is 267 g/mol. The quantitative estimate of drug-likeness (QED) is 0.842. The Morgan fingerprint density at radius 3 is 3.22 bits per heavy atom. The number of hydrogen-bond acceptors (Lipinski definition) is 4. The molecule has 0 radical (unpaired) electrons. The lowest BCUT2D eigenvalue weighted by Gasteiger charge is -2.19. The van der Waals surface area contributed by atoms with Crippen molar-refractivity contribution in [3.8, 4) is 5.88 Å². The summed E-state index contributed by atoms with van der Waals surface area (Å²) in [5, 5.41) is 9.05. The first kappa shape index (κ1) is 13.2. The van der Waals surface area contributed by atoms with Crippen molar-refractivity contribution in [1.82, 2.24) is 4.98 Å². The fourth-order valence-corrected chi connectivity index (χ4v) is 4.03. The molecular formula is C13H17NO3S. The molecule has 2 atom stereocenters. The summed E-state index contributed by atoms with van der Waals surface area (Å²) in [6.45, 7) is 2.18. The smallest absolute Gasteiger partial charge is 0.449 e. The zero-order valence-corrected chi connectivity index (χ0v) is 11.2. The molecule has 1 aliphatic rings. The molecule has 1 N–H and O–H groups in total. The number of hydrogen-bond donors (Lipinski definition) is 1. The van der Waals surface area contributed by atoms with E-state index in [0.717, 1.165) is 17.7 Å². The molecule has 1 aromatic rings. The Hall–Kier alpha value is -1.23. The van der Waals surface area contributed by atoms with E-state index in [9.17, 15) is 4.79 Å². The van der Waals surface area contributed by atoms with E-state index in [1.807, 2.05) is 23.9 Å². The van der Waals surface area contributed by atoms with Gasteiger partial charge in [0.25, 0.3) is 0 Å². The van der Waals surface area contributed by atoms with Crippen LogP contribution in [0.5, 0.6) is 5.88 Å². The molecule has 1 aliphatic heterocycles. The Labute approximate surface area is 111 Å². The molecule has 18 heavy (non-hydrogen) atoms. The van der Waals surface area contributed by atoms with Gasteiger partial charge in [0.15, 0.2) is 0 Å². The van der Waals surface area contributed by atoms with Crippen LogP contribution in [0.4, 0.5) is 4.79 Å². The molecule has 0 aliphatic carbocycles. The normalized spacial score (nSPS) is 22.9. The van der Waals surface area contributed by atoms with Crippen molar-refractivity contribution in [1.29, 1.82) is 0 Å². The van der Waals surface area contributed by atoms with Crippen LogP contribution in [0.15, 0.2) is 18.3 Å². The Bertz CT molecular complexity index is 424. The molecule has 0 spiro atoms. The van der Waals surface area contributed by atoms with Gasteiger partial charge in [-0.3, -0.25) is 0 Å². The van der Waals surface area contributed by atoms with Gasteiger partial charge in [0.2, 0.25) is 5.88 Å². The van der Waals surface area contributed by atoms with Gasteiger partial charge in [-0.15, -0.1) is 0 Å². The molecule has 2 rings (SSSR count). The van der Waals surface area contributed by atoms with Crippen LogP contribution in [0.1, 0.15) is 37.0 Å². The summed E-state index contributed by atoms with van der Waals surface area (Å²) >= 11 is 1.87. The maximum absolute atomic E-state index is 10.7. The van der Waals surface area contributed by atoms with Crippen LogP contribution in [0.2, 0.25) is 0 Å². The van der Waals surface area contributed by atoms with Gasteiger partial charge in [0, 0.05) is 17.0 Å². The van der Waals surface area contributed by atoms with Crippen LogP contribution in [0.3, 0.4) is 0 Å². The van der Waals surface area contributed by atoms with E-state index >= 15 is 0 Å². The first-order chi connectivity index (χ1) is 8.72. The second-order valence-electron chi connectivity index (χ2n) is 4.39. The van der Waals surface area contributed by atoms with Gasteiger partial charge in [-0.1, -0.05) is 19.4 Å². The predicted octanol–water partition coefficient (Wildman–Crippen LogP) is 3.73. The molecule has 2 heterocycles. The topological polar surface area (TPSA) is 59.4 Å². The lowest BCUT2D eigenvalue weighted by Crippen LogP contribution is -2.10. The van der Waals surface area contributed by atoms with E-state index in [1.54, 1.807) is 6.20 Å². The van der Waals surface area contributed by atoms with Gasteiger partial charge in [-0.05, 0) is 30.6 Å². The summed E-state index contributed by atoms with van der Waals surface area (Å²) < 4.78 is 4.78. The molecule has 1 saturated heterocycles. The Morgan fingerprint density at radius 1 is 1.67 bits per heavy atom. The summed E-state index contributed by atoms with van der Waals surface area (Å²) in [4.78, 5) is 14.7. The molecular weight excluding hydrogens is 250 g/mol. The van der Waals surface area contributed by atoms with Crippen molar-refractivity contribution < 1.29 is 14.6 Å². The van der Waals surface area contributed by atoms with Crippen molar-refractivity contribution in [2.75, 3.05) is 5.75 Å². The summed E-state index contributed by atoms with van der Waals surface area (Å²) in [6.07, 6.45) is 3.77. The number of nitrogens with zero attached hydrogens (tertiary/aromatic N) is 1. The van der Waals surface area contributed by atoms with E-state index in [4.69, 9.17) is 9.84 Å². The Morgan fingerprint density at radius 2 is 2.50 bits per heavy atom. The molecule has 1 aromatic heterocycles. The van der Waals surface area contributed by atoms with Crippen molar-refractivity contribution >= 4 is 17.9 Å². The number of carboxylic acid groups (broad SMARTS) is 1. The highest BCUT2D eigenvalue weighted by molar-refractivity contribution is 7.99. The SMILES string of the molecule is CCC[C@H]1CCS[C@H]1c1cccnc1OC(=O)O. The molecule has 0 amide bonds. The van der Waals surface area contributed by atoms with E-state index in [2.05, 4.69) is 11.9 Å². The van der Waals surface area contributed by atoms with Crippen LogP contribution in [0, 0.1) is 5.92 Å². The minimum atomic E-state index is -1.30. The van der Waals surface area contributed by atoms with Gasteiger partial charge in [-0.25, -0.2) is 9.78 Å². The van der Waals surface area contributed by atoms with Crippen molar-refractivity contribution in [3.63, 3.8) is 0 Å². The maximum Gasteiger partial charge on any atom is 0.512 e. The largest absolute Gasteiger partial charge is 0.512 e. The number of thioether (sulfide) groups is 1. The summed E-state index contributed by atoms with van der Waals surface area (Å²) in [7, 11) is 0. The fourth-order valence-electron chi connectivity index (χ4n) is 2.43. The predicted molar refractivity (Wildman–Crippen MR) is 71.1 cm³/mol. The van der Waals surface area contributed by atoms with E-state index < -0.39 is 6.16 Å². The van der Waals surface area contributed by atoms with E-state index in [0.29, 0.717) is 11.2 Å². The molecule has 0 unspecified atom stereocenters. The van der Waals surface area contributed by atoms with Gasteiger partial charge >= 0.3 is 6.16 Å². The van der Waals surface area contributed by atoms with Crippen LogP contribution < -0.4 is 4.74 Å². The van der Waals surface area contributed by atoms with Gasteiger partial charge < -0.3 is 9.84 Å². The number of rotatable bonds is 4. The first-order valence-electron chi connectivity index (χ1n) is 6.19. The summed E-state index contributed by atoms with van der Waals surface area (Å²) in [5.74, 6) is 1.96. The van der Waals surface area contributed by atoms with Crippen LogP contribution in [-0.2, 0) is 0 Å². The fraction of sp³-hybridized carbons (Fsp3) is 0.538. The standard InChI is InChI=1S/C13H17NO3S/c1-2-4-9-6-8-18-11(9)10-5-3-7-14-12(10)17-13(15)16/h3,5,7,9,11H,2,4,6,8H2,1H3,(H,15,16)/t9-,11+/m0/s1. The third kappa shape index (κ3) is 2.96. The van der Waals surface area contributed by atoms with Gasteiger partial charge in [0.1, 0.15) is 0 Å². The number of ether oxygens (including phenoxy) is 1. The van der Waals surface area contributed by atoms with Crippen LogP contribution in [0.25, 0.3) is 0 Å². The van der Waals surface area contributed by atoms with Crippen molar-refractivity contribution in [3.05, 3.63) is 23.9 Å². The highest BCUT2D eigenvalue weighted by Crippen LogP contribution is 2.48. The third-order valence-electron chi connectivity index (χ3n) is 3.16. The summed E-state index contributed by atoms with van der Waals surface area (Å²) in [6, 6.07) is 3.77. The monoisotopic (exact) mass is 267 g/mol. The highest BCUT2D eigenvalue weighted by Gasteiger charge is 2.31. The van der Waals surface area contributed by atoms with Gasteiger partial charge in [-0.2, -0.15) is 11.8 Å². The molecule has 1 fully saturated rings. The maximum atomic E-state index is 10.7. The minimum absolute atomic E-state index is 0.241. The second-order valence-corrected chi connectivity index (χ2v) is 5.64.